The molecule has 33 heavy (non-hydrogen) atoms. The van der Waals surface area contributed by atoms with Crippen molar-refractivity contribution in [3.63, 3.8) is 0 Å². The van der Waals surface area contributed by atoms with Gasteiger partial charge in [0.25, 0.3) is 0 Å². The van der Waals surface area contributed by atoms with E-state index < -0.39 is 16.4 Å². The molecule has 0 atom stereocenters. The Balaban J connectivity index is -0.000000563. The molecule has 0 aromatic heterocycles. The van der Waals surface area contributed by atoms with E-state index in [0.29, 0.717) is 0 Å². The van der Waals surface area contributed by atoms with E-state index in [0.717, 1.165) is 45.9 Å². The predicted molar refractivity (Wildman–Crippen MR) is 134 cm³/mol. The largest absolute Gasteiger partial charge is 0.397 e. The van der Waals surface area contributed by atoms with Gasteiger partial charge in [-0.15, -0.1) is 0 Å². The minimum absolute atomic E-state index is 0.220. The van der Waals surface area contributed by atoms with E-state index in [4.69, 9.17) is 9.39 Å². The highest BCUT2D eigenvalue weighted by Gasteiger charge is 1.98. The summed E-state index contributed by atoms with van der Waals surface area (Å²) in [7, 11) is -3.29. The fourth-order valence-corrected chi connectivity index (χ4v) is 2.62. The van der Waals surface area contributed by atoms with E-state index in [1.165, 1.54) is 64.2 Å². The molecule has 0 aromatic carbocycles. The molecule has 8 nitrogen and oxygen atoms in total. The molecule has 0 heterocycles. The average molecular weight is 497 g/mol. The first kappa shape index (κ1) is 36.6. The Kier molecular flexibility index (Phi) is 34.3. The van der Waals surface area contributed by atoms with E-state index in [1.54, 1.807) is 0 Å². The smallest absolute Gasteiger partial charge is 0.302 e. The SMILES string of the molecule is CCCCCCCC/C=C\CCCCCCCC([O])=O.CCCNOCC.COS(=O)(=O)O. The Bertz CT molecular complexity index is 507. The molecule has 0 aromatic rings. The van der Waals surface area contributed by atoms with Gasteiger partial charge in [0.15, 0.2) is 0 Å². The summed E-state index contributed by atoms with van der Waals surface area (Å²) in [4.78, 5) is 15.0. The summed E-state index contributed by atoms with van der Waals surface area (Å²) in [6, 6.07) is 0. The van der Waals surface area contributed by atoms with Crippen LogP contribution in [0.25, 0.3) is 0 Å². The predicted octanol–water partition coefficient (Wildman–Crippen LogP) is 6.35. The molecule has 0 aliphatic rings. The lowest BCUT2D eigenvalue weighted by molar-refractivity contribution is -0.143. The maximum Gasteiger partial charge on any atom is 0.397 e. The summed E-state index contributed by atoms with van der Waals surface area (Å²) in [5.41, 5.74) is 2.78. The minimum atomic E-state index is -4.16. The van der Waals surface area contributed by atoms with Crippen LogP contribution in [-0.2, 0) is 29.3 Å². The summed E-state index contributed by atoms with van der Waals surface area (Å²) in [5.74, 6) is -0.914. The topological polar surface area (TPSA) is 122 Å². The van der Waals surface area contributed by atoms with Gasteiger partial charge in [-0.05, 0) is 45.4 Å². The van der Waals surface area contributed by atoms with Crippen LogP contribution in [0.15, 0.2) is 12.2 Å². The Morgan fingerprint density at radius 1 is 0.818 bits per heavy atom. The van der Waals surface area contributed by atoms with E-state index in [9.17, 15) is 18.3 Å². The summed E-state index contributed by atoms with van der Waals surface area (Å²) in [6.45, 7) is 8.02. The van der Waals surface area contributed by atoms with Gasteiger partial charge in [-0.25, -0.2) is 15.4 Å². The van der Waals surface area contributed by atoms with Gasteiger partial charge in [0, 0.05) is 6.54 Å². The van der Waals surface area contributed by atoms with Crippen LogP contribution in [0.5, 0.6) is 0 Å². The number of unbranched alkanes of at least 4 members (excludes halogenated alkanes) is 11. The zero-order chi connectivity index (χ0) is 25.6. The summed E-state index contributed by atoms with van der Waals surface area (Å²) >= 11 is 0. The van der Waals surface area contributed by atoms with Gasteiger partial charge in [-0.3, -0.25) is 8.74 Å². The van der Waals surface area contributed by atoms with Crippen molar-refractivity contribution in [2.75, 3.05) is 20.3 Å². The number of rotatable bonds is 20. The molecule has 2 N–H and O–H groups in total. The monoisotopic (exact) mass is 496 g/mol. The quantitative estimate of drug-likeness (QED) is 0.0870. The van der Waals surface area contributed by atoms with Crippen molar-refractivity contribution in [1.29, 1.82) is 0 Å². The zero-order valence-corrected chi connectivity index (χ0v) is 22.3. The lowest BCUT2D eigenvalue weighted by Gasteiger charge is -1.99. The molecule has 1 radical (unpaired) electrons. The summed E-state index contributed by atoms with van der Waals surface area (Å²) in [6.07, 6.45) is 22.0. The minimum Gasteiger partial charge on any atom is -0.302 e. The molecule has 0 bridgehead atoms. The number of carbonyl (C=O) groups is 1. The van der Waals surface area contributed by atoms with Crippen LogP contribution in [0, 0.1) is 0 Å². The fraction of sp³-hybridized carbons (Fsp3) is 0.875. The molecule has 0 aliphatic carbocycles. The standard InChI is InChI=1S/C18H33O2.C5H13NO.CH4O4S/c1-2-3-4-5-6-7-8-9-10-11-12-13-14-15-16-17-18(19)20;1-3-5-6-7-4-2;1-5-6(2,3)4/h9-10H,2-8,11-17H2,1H3;6H,3-5H2,1-2H3;1H3,(H,2,3,4)/b10-9-;;. The number of hydrogen-bond donors (Lipinski definition) is 2. The Morgan fingerprint density at radius 3 is 1.67 bits per heavy atom. The lowest BCUT2D eigenvalue weighted by Crippen LogP contribution is -2.14. The van der Waals surface area contributed by atoms with Gasteiger partial charge in [-0.2, -0.15) is 8.42 Å². The highest BCUT2D eigenvalue weighted by Crippen LogP contribution is 2.09. The van der Waals surface area contributed by atoms with Gasteiger partial charge in [0.05, 0.1) is 20.1 Å². The Labute approximate surface area is 203 Å². The van der Waals surface area contributed by atoms with E-state index in [-0.39, 0.29) is 6.42 Å². The number of hydroxylamine groups is 1. The van der Waals surface area contributed by atoms with Crippen LogP contribution in [0.2, 0.25) is 0 Å². The number of nitrogens with one attached hydrogen (secondary N) is 1. The van der Waals surface area contributed by atoms with Gasteiger partial charge in [0.1, 0.15) is 0 Å². The Morgan fingerprint density at radius 2 is 1.27 bits per heavy atom. The van der Waals surface area contributed by atoms with Crippen molar-refractivity contribution in [3.05, 3.63) is 12.2 Å². The molecule has 9 heteroatoms. The van der Waals surface area contributed by atoms with Crippen LogP contribution >= 0.6 is 0 Å². The summed E-state index contributed by atoms with van der Waals surface area (Å²) < 4.78 is 29.7. The van der Waals surface area contributed by atoms with Crippen molar-refractivity contribution in [3.8, 4) is 0 Å². The van der Waals surface area contributed by atoms with Gasteiger partial charge >= 0.3 is 16.4 Å². The van der Waals surface area contributed by atoms with Gasteiger partial charge in [0.2, 0.25) is 0 Å². The summed E-state index contributed by atoms with van der Waals surface area (Å²) in [5, 5.41) is 10.2. The van der Waals surface area contributed by atoms with Crippen molar-refractivity contribution in [2.45, 2.75) is 117 Å². The third-order valence-corrected chi connectivity index (χ3v) is 4.87. The van der Waals surface area contributed by atoms with E-state index in [2.05, 4.69) is 35.7 Å². The van der Waals surface area contributed by atoms with Gasteiger partial charge in [-0.1, -0.05) is 77.4 Å². The second-order valence-electron chi connectivity index (χ2n) is 7.63. The Hall–Kier alpha value is -1.00. The molecule has 0 aliphatic heterocycles. The highest BCUT2D eigenvalue weighted by molar-refractivity contribution is 7.80. The van der Waals surface area contributed by atoms with Crippen LogP contribution in [0.1, 0.15) is 117 Å². The molecule has 0 amide bonds. The molecule has 0 saturated heterocycles. The first-order valence-corrected chi connectivity index (χ1v) is 13.8. The maximum absolute atomic E-state index is 10.2. The lowest BCUT2D eigenvalue weighted by atomic mass is 10.1. The molecule has 0 unspecified atom stereocenters. The normalized spacial score (nSPS) is 10.9. The van der Waals surface area contributed by atoms with Crippen molar-refractivity contribution in [2.24, 2.45) is 0 Å². The van der Waals surface area contributed by atoms with Crippen LogP contribution in [0.3, 0.4) is 0 Å². The zero-order valence-electron chi connectivity index (χ0n) is 21.5. The van der Waals surface area contributed by atoms with Crippen molar-refractivity contribution >= 4 is 16.4 Å². The van der Waals surface area contributed by atoms with E-state index in [1.807, 2.05) is 6.92 Å². The third kappa shape index (κ3) is 49.3. The second kappa shape index (κ2) is 31.0. The molecule has 0 spiro atoms. The fourth-order valence-electron chi connectivity index (χ4n) is 2.62. The first-order chi connectivity index (χ1) is 15.7. The number of hydrogen-bond acceptors (Lipinski definition) is 6. The second-order valence-corrected chi connectivity index (χ2v) is 8.82. The van der Waals surface area contributed by atoms with E-state index >= 15 is 0 Å². The van der Waals surface area contributed by atoms with Crippen molar-refractivity contribution in [1.82, 2.24) is 5.48 Å². The molecular formula is C24H50NO7S. The van der Waals surface area contributed by atoms with Crippen molar-refractivity contribution < 1.29 is 31.9 Å². The molecular weight excluding hydrogens is 446 g/mol. The van der Waals surface area contributed by atoms with Gasteiger partial charge < -0.3 is 4.84 Å². The maximum atomic E-state index is 10.2. The van der Waals surface area contributed by atoms with Crippen LogP contribution < -0.4 is 5.48 Å². The molecule has 0 saturated carbocycles. The number of carbonyl (C=O) groups excluding carboxylic acids is 1. The molecule has 0 rings (SSSR count). The molecule has 199 valence electrons. The van der Waals surface area contributed by atoms with Crippen LogP contribution in [0.4, 0.5) is 0 Å². The first-order valence-electron chi connectivity index (χ1n) is 12.5. The average Bonchev–Trinajstić information content (AvgIpc) is 2.77. The van der Waals surface area contributed by atoms with Crippen LogP contribution in [-0.4, -0.2) is 39.2 Å². The highest BCUT2D eigenvalue weighted by atomic mass is 32.3. The molecule has 0 fully saturated rings. The number of allylic oxidation sites excluding steroid dienone is 2. The third-order valence-electron chi connectivity index (χ3n) is 4.45.